The molecule has 12 nitrogen and oxygen atoms in total. The molecular weight excluding hydrogens is 616 g/mol. The molecule has 2 saturated heterocycles. The van der Waals surface area contributed by atoms with E-state index in [1.54, 1.807) is 66.1 Å². The van der Waals surface area contributed by atoms with Crippen LogP contribution in [0, 0.1) is 23.7 Å². The van der Waals surface area contributed by atoms with Crippen LogP contribution in [-0.2, 0) is 28.6 Å². The maximum Gasteiger partial charge on any atom is 0.408 e. The summed E-state index contributed by atoms with van der Waals surface area (Å²) in [7, 11) is 0. The topological polar surface area (TPSA) is 163 Å². The first-order valence-electron chi connectivity index (χ1n) is 16.5. The lowest BCUT2D eigenvalue weighted by Gasteiger charge is -2.39. The molecule has 2 fully saturated rings. The summed E-state index contributed by atoms with van der Waals surface area (Å²) in [4.78, 5) is 74.5. The molecule has 3 heterocycles. The van der Waals surface area contributed by atoms with E-state index in [0.29, 0.717) is 12.2 Å². The number of ether oxygens (including phenoxy) is 3. The summed E-state index contributed by atoms with van der Waals surface area (Å²) >= 11 is 0. The summed E-state index contributed by atoms with van der Waals surface area (Å²) in [6.07, 6.45) is 5.16. The van der Waals surface area contributed by atoms with E-state index in [0.717, 1.165) is 11.1 Å². The highest BCUT2D eigenvalue weighted by Crippen LogP contribution is 2.38. The number of Topliss-reactive ketones (excluding diaryl/α,β-unsaturated/α-hetero) is 2. The lowest BCUT2D eigenvalue weighted by molar-refractivity contribution is -0.170. The van der Waals surface area contributed by atoms with Crippen LogP contribution in [0.3, 0.4) is 0 Å². The van der Waals surface area contributed by atoms with Crippen molar-refractivity contribution in [1.29, 1.82) is 0 Å². The first-order valence-corrected chi connectivity index (χ1v) is 16.5. The van der Waals surface area contributed by atoms with Crippen LogP contribution in [-0.4, -0.2) is 69.6 Å². The Morgan fingerprint density at radius 1 is 1.00 bits per heavy atom. The first kappa shape index (κ1) is 36.2. The van der Waals surface area contributed by atoms with Crippen molar-refractivity contribution in [2.75, 3.05) is 6.54 Å². The number of esters is 1. The Morgan fingerprint density at radius 2 is 1.62 bits per heavy atom. The number of nitrogens with zero attached hydrogens (tertiary/aromatic N) is 2. The molecule has 0 saturated carbocycles. The number of hydrogen-bond donors (Lipinski definition) is 2. The minimum atomic E-state index is -1.35. The van der Waals surface area contributed by atoms with Gasteiger partial charge in [-0.05, 0) is 51.7 Å². The molecule has 48 heavy (non-hydrogen) atoms. The third kappa shape index (κ3) is 8.26. The fraction of sp³-hybridized carbons (Fsp3) is 0.528. The van der Waals surface area contributed by atoms with Crippen LogP contribution in [0.5, 0.6) is 0 Å². The second-order valence-corrected chi connectivity index (χ2v) is 13.4. The molecule has 0 radical (unpaired) electrons. The Morgan fingerprint density at radius 3 is 2.25 bits per heavy atom. The van der Waals surface area contributed by atoms with Crippen molar-refractivity contribution >= 4 is 35.8 Å². The minimum absolute atomic E-state index is 0.0778. The Hall–Kier alpha value is -4.61. The minimum Gasteiger partial charge on any atom is -0.458 e. The summed E-state index contributed by atoms with van der Waals surface area (Å²) in [6, 6.07) is 8.61. The van der Waals surface area contributed by atoms with E-state index in [9.17, 15) is 24.0 Å². The number of carbonyl (C=O) groups excluding carboxylic acids is 5. The van der Waals surface area contributed by atoms with Crippen molar-refractivity contribution in [3.8, 4) is 11.4 Å². The summed E-state index contributed by atoms with van der Waals surface area (Å²) in [6.45, 7) is 11.9. The summed E-state index contributed by atoms with van der Waals surface area (Å²) < 4.78 is 17.4. The summed E-state index contributed by atoms with van der Waals surface area (Å²) in [5.41, 5.74) is -0.798. The van der Waals surface area contributed by atoms with E-state index in [1.807, 2.05) is 30.3 Å². The Kier molecular flexibility index (Phi) is 11.4. The number of cyclic esters (lactones) is 1. The van der Waals surface area contributed by atoms with E-state index in [-0.39, 0.29) is 31.0 Å². The van der Waals surface area contributed by atoms with Crippen molar-refractivity contribution in [2.45, 2.75) is 91.1 Å². The third-order valence-corrected chi connectivity index (χ3v) is 9.40. The highest BCUT2D eigenvalue weighted by molar-refractivity contribution is 5.99. The summed E-state index contributed by atoms with van der Waals surface area (Å²) in [5.74, 6) is -3.85. The SMILES string of the molecule is CC[C@H]1OC(=O)[C@H](C)C(=O)[C@H](C)C[C@](C)(OC(=O)NC/C=C/c2ccc(-c3ncccn3)cc2)C[C@@H](C)C(=O)[C@@H](C)[C@H]2NC(=O)O[C@@]21C. The van der Waals surface area contributed by atoms with Gasteiger partial charge in [0.05, 0.1) is 6.04 Å². The van der Waals surface area contributed by atoms with E-state index >= 15 is 0 Å². The highest BCUT2D eigenvalue weighted by Gasteiger charge is 2.56. The number of aromatic nitrogens is 2. The molecule has 0 unspecified atom stereocenters. The second-order valence-electron chi connectivity index (χ2n) is 13.4. The molecule has 2 aromatic rings. The molecule has 2 N–H and O–H groups in total. The molecule has 0 bridgehead atoms. The monoisotopic (exact) mass is 662 g/mol. The average Bonchev–Trinajstić information content (AvgIpc) is 3.38. The standard InChI is InChI=1S/C36H46N4O8/c1-8-27-36(7)30(40-34(45)48-36)23(4)28(41)21(2)19-35(6,20-22(3)29(42)24(5)32(43)46-27)47-33(44)39-16-9-11-25-12-14-26(15-13-25)31-37-17-10-18-38-31/h9-15,17-18,21-24,27,30H,8,16,19-20H2,1-7H3,(H,39,44)(H,40,45)/b11-9+/t21-,22-,23-,24-,27-,30-,35-,36-/m1/s1. The van der Waals surface area contributed by atoms with Gasteiger partial charge in [-0.3, -0.25) is 14.4 Å². The van der Waals surface area contributed by atoms with Gasteiger partial charge in [-0.25, -0.2) is 19.6 Å². The number of alkyl carbamates (subject to hydrolysis) is 2. The van der Waals surface area contributed by atoms with E-state index in [4.69, 9.17) is 14.2 Å². The molecule has 12 heteroatoms. The quantitative estimate of drug-likeness (QED) is 0.236. The lowest BCUT2D eigenvalue weighted by Crippen LogP contribution is -2.57. The zero-order valence-electron chi connectivity index (χ0n) is 28.6. The fourth-order valence-electron chi connectivity index (χ4n) is 6.91. The zero-order valence-corrected chi connectivity index (χ0v) is 28.6. The van der Waals surface area contributed by atoms with E-state index < -0.39 is 65.2 Å². The van der Waals surface area contributed by atoms with Crippen LogP contribution in [0.2, 0.25) is 0 Å². The molecule has 0 aliphatic carbocycles. The van der Waals surface area contributed by atoms with Crippen molar-refractivity contribution in [3.05, 3.63) is 54.4 Å². The first-order chi connectivity index (χ1) is 22.7. The van der Waals surface area contributed by atoms with Crippen LogP contribution in [0.25, 0.3) is 17.5 Å². The Labute approximate surface area is 281 Å². The number of benzene rings is 1. The van der Waals surface area contributed by atoms with Gasteiger partial charge in [0.2, 0.25) is 0 Å². The average molecular weight is 663 g/mol. The molecule has 8 atom stereocenters. The number of nitrogens with one attached hydrogen (secondary N) is 2. The number of rotatable bonds is 6. The maximum atomic E-state index is 13.8. The fourth-order valence-corrected chi connectivity index (χ4v) is 6.91. The number of hydrogen-bond acceptors (Lipinski definition) is 10. The highest BCUT2D eigenvalue weighted by atomic mass is 16.6. The van der Waals surface area contributed by atoms with Gasteiger partial charge in [0.25, 0.3) is 0 Å². The van der Waals surface area contributed by atoms with Crippen molar-refractivity contribution in [1.82, 2.24) is 20.6 Å². The van der Waals surface area contributed by atoms with Crippen LogP contribution < -0.4 is 10.6 Å². The smallest absolute Gasteiger partial charge is 0.408 e. The van der Waals surface area contributed by atoms with Gasteiger partial charge < -0.3 is 24.8 Å². The molecule has 258 valence electrons. The largest absolute Gasteiger partial charge is 0.458 e. The predicted octanol–water partition coefficient (Wildman–Crippen LogP) is 5.31. The van der Waals surface area contributed by atoms with Crippen molar-refractivity contribution in [3.63, 3.8) is 0 Å². The summed E-state index contributed by atoms with van der Waals surface area (Å²) in [5, 5.41) is 5.46. The molecular formula is C36H46N4O8. The van der Waals surface area contributed by atoms with Gasteiger partial charge in [0.1, 0.15) is 29.2 Å². The van der Waals surface area contributed by atoms with Gasteiger partial charge in [0, 0.05) is 42.3 Å². The van der Waals surface area contributed by atoms with E-state index in [2.05, 4.69) is 20.6 Å². The maximum absolute atomic E-state index is 13.8. The molecule has 0 spiro atoms. The van der Waals surface area contributed by atoms with Crippen LogP contribution in [0.15, 0.2) is 48.8 Å². The zero-order chi connectivity index (χ0) is 35.2. The molecule has 4 rings (SSSR count). The molecule has 2 aliphatic heterocycles. The van der Waals surface area contributed by atoms with Crippen molar-refractivity contribution in [2.24, 2.45) is 23.7 Å². The molecule has 1 aromatic carbocycles. The molecule has 1 aromatic heterocycles. The van der Waals surface area contributed by atoms with Gasteiger partial charge in [0.15, 0.2) is 11.4 Å². The number of carbonyl (C=O) groups is 5. The molecule has 2 amide bonds. The van der Waals surface area contributed by atoms with Crippen LogP contribution >= 0.6 is 0 Å². The number of fused-ring (bicyclic) bond motifs is 1. The van der Waals surface area contributed by atoms with Gasteiger partial charge in [-0.2, -0.15) is 0 Å². The van der Waals surface area contributed by atoms with Gasteiger partial charge in [-0.1, -0.05) is 64.1 Å². The second kappa shape index (κ2) is 15.1. The number of amides is 2. The van der Waals surface area contributed by atoms with Crippen molar-refractivity contribution < 1.29 is 38.2 Å². The van der Waals surface area contributed by atoms with Crippen LogP contribution in [0.4, 0.5) is 9.59 Å². The predicted molar refractivity (Wildman–Crippen MR) is 177 cm³/mol. The molecule has 2 aliphatic rings. The lowest BCUT2D eigenvalue weighted by atomic mass is 9.74. The van der Waals surface area contributed by atoms with Gasteiger partial charge in [-0.15, -0.1) is 0 Å². The third-order valence-electron chi connectivity index (χ3n) is 9.40. The Balaban J connectivity index is 1.48. The van der Waals surface area contributed by atoms with Crippen LogP contribution in [0.1, 0.15) is 73.3 Å². The normalized spacial score (nSPS) is 31.6. The van der Waals surface area contributed by atoms with Gasteiger partial charge >= 0.3 is 18.2 Å². The van der Waals surface area contributed by atoms with E-state index in [1.165, 1.54) is 6.92 Å². The Bertz CT molecular complexity index is 1530. The number of ketones is 2.